The van der Waals surface area contributed by atoms with Crippen LogP contribution >= 0.6 is 24.0 Å². The van der Waals surface area contributed by atoms with Crippen molar-refractivity contribution in [2.45, 2.75) is 32.1 Å². The first-order valence-electron chi connectivity index (χ1n) is 8.46. The van der Waals surface area contributed by atoms with Crippen molar-refractivity contribution < 1.29 is 13.5 Å². The van der Waals surface area contributed by atoms with Gasteiger partial charge in [-0.1, -0.05) is 12.5 Å². The molecule has 2 rings (SSSR count). The molecule has 1 fully saturated rings. The van der Waals surface area contributed by atoms with Crippen molar-refractivity contribution in [3.63, 3.8) is 0 Å². The Hall–Kier alpha value is -0.960. The second-order valence-electron chi connectivity index (χ2n) is 6.43. The Kier molecular flexibility index (Phi) is 9.63. The lowest BCUT2D eigenvalue weighted by molar-refractivity contribution is 0.0732. The highest BCUT2D eigenvalue weighted by atomic mass is 127. The zero-order valence-corrected chi connectivity index (χ0v) is 17.2. The highest BCUT2D eigenvalue weighted by Crippen LogP contribution is 2.43. The van der Waals surface area contributed by atoms with E-state index in [9.17, 15) is 8.78 Å². The molecule has 1 saturated carbocycles. The van der Waals surface area contributed by atoms with E-state index in [1.54, 1.807) is 14.2 Å². The lowest BCUT2D eigenvalue weighted by atomic mass is 9.67. The van der Waals surface area contributed by atoms with Crippen LogP contribution in [0.25, 0.3) is 0 Å². The molecule has 0 heterocycles. The average molecular weight is 467 g/mol. The van der Waals surface area contributed by atoms with Gasteiger partial charge in [-0.2, -0.15) is 0 Å². The van der Waals surface area contributed by atoms with Crippen molar-refractivity contribution in [3.8, 4) is 0 Å². The SMILES string of the molecule is CN=C(NCCc1ccc(F)cc1F)NCC1(CCOC)CCC1.I. The molecule has 0 radical (unpaired) electrons. The first kappa shape index (κ1) is 22.1. The monoisotopic (exact) mass is 467 g/mol. The van der Waals surface area contributed by atoms with Crippen molar-refractivity contribution in [2.24, 2.45) is 10.4 Å². The molecule has 25 heavy (non-hydrogen) atoms. The molecule has 1 aliphatic carbocycles. The number of ether oxygens (including phenoxy) is 1. The van der Waals surface area contributed by atoms with E-state index in [1.165, 1.54) is 31.4 Å². The standard InChI is InChI=1S/C18H27F2N3O.HI/c1-21-17(23-13-18(7-3-8-18)9-11-24-2)22-10-6-14-4-5-15(19)12-16(14)20;/h4-5,12H,3,6-11,13H2,1-2H3,(H2,21,22,23);1H. The van der Waals surface area contributed by atoms with Gasteiger partial charge in [-0.25, -0.2) is 8.78 Å². The number of hydrogen-bond donors (Lipinski definition) is 2. The van der Waals surface area contributed by atoms with Gasteiger partial charge < -0.3 is 15.4 Å². The molecule has 1 aromatic carbocycles. The number of hydrogen-bond acceptors (Lipinski definition) is 2. The second-order valence-corrected chi connectivity index (χ2v) is 6.43. The van der Waals surface area contributed by atoms with Gasteiger partial charge in [-0.3, -0.25) is 4.99 Å². The maximum atomic E-state index is 13.6. The number of nitrogens with one attached hydrogen (secondary N) is 2. The molecule has 142 valence electrons. The molecule has 0 atom stereocenters. The first-order chi connectivity index (χ1) is 11.6. The second kappa shape index (κ2) is 10.9. The molecular formula is C18H28F2IN3O. The van der Waals surface area contributed by atoms with E-state index in [2.05, 4.69) is 15.6 Å². The van der Waals surface area contributed by atoms with Gasteiger partial charge in [0.1, 0.15) is 11.6 Å². The molecule has 0 amide bonds. The van der Waals surface area contributed by atoms with Crippen molar-refractivity contribution in [3.05, 3.63) is 35.4 Å². The summed E-state index contributed by atoms with van der Waals surface area (Å²) in [6.07, 6.45) is 5.21. The summed E-state index contributed by atoms with van der Waals surface area (Å²) in [5.41, 5.74) is 0.798. The summed E-state index contributed by atoms with van der Waals surface area (Å²) in [6, 6.07) is 3.68. The third kappa shape index (κ3) is 6.69. The topological polar surface area (TPSA) is 45.7 Å². The van der Waals surface area contributed by atoms with Crippen molar-refractivity contribution >= 4 is 29.9 Å². The molecule has 4 nitrogen and oxygen atoms in total. The highest BCUT2D eigenvalue weighted by molar-refractivity contribution is 14.0. The third-order valence-corrected chi connectivity index (χ3v) is 4.81. The largest absolute Gasteiger partial charge is 0.385 e. The number of aliphatic imine (C=N–C) groups is 1. The van der Waals surface area contributed by atoms with E-state index in [1.807, 2.05) is 0 Å². The van der Waals surface area contributed by atoms with E-state index in [-0.39, 0.29) is 24.0 Å². The molecule has 1 aliphatic rings. The summed E-state index contributed by atoms with van der Waals surface area (Å²) in [4.78, 5) is 4.21. The molecule has 7 heteroatoms. The molecule has 0 saturated heterocycles. The summed E-state index contributed by atoms with van der Waals surface area (Å²) in [7, 11) is 3.45. The van der Waals surface area contributed by atoms with E-state index < -0.39 is 11.6 Å². The molecular weight excluding hydrogens is 439 g/mol. The summed E-state index contributed by atoms with van der Waals surface area (Å²) in [5.74, 6) is -0.350. The fourth-order valence-electron chi connectivity index (χ4n) is 3.04. The molecule has 2 N–H and O–H groups in total. The predicted molar refractivity (Wildman–Crippen MR) is 108 cm³/mol. The zero-order chi connectivity index (χ0) is 17.4. The Morgan fingerprint density at radius 2 is 2.04 bits per heavy atom. The number of benzene rings is 1. The Morgan fingerprint density at radius 1 is 1.28 bits per heavy atom. The van der Waals surface area contributed by atoms with Gasteiger partial charge in [0.15, 0.2) is 5.96 Å². The van der Waals surface area contributed by atoms with Gasteiger partial charge in [0, 0.05) is 39.9 Å². The number of methoxy groups -OCH3 is 1. The van der Waals surface area contributed by atoms with E-state index in [0.29, 0.717) is 29.9 Å². The van der Waals surface area contributed by atoms with Crippen LogP contribution in [0.4, 0.5) is 8.78 Å². The predicted octanol–water partition coefficient (Wildman–Crippen LogP) is 3.50. The van der Waals surface area contributed by atoms with E-state index in [4.69, 9.17) is 4.74 Å². The van der Waals surface area contributed by atoms with Gasteiger partial charge in [-0.15, -0.1) is 24.0 Å². The van der Waals surface area contributed by atoms with Crippen LogP contribution in [-0.4, -0.2) is 39.8 Å². The summed E-state index contributed by atoms with van der Waals surface area (Å²) < 4.78 is 31.7. The zero-order valence-electron chi connectivity index (χ0n) is 14.9. The fourth-order valence-corrected chi connectivity index (χ4v) is 3.04. The number of nitrogens with zero attached hydrogens (tertiary/aromatic N) is 1. The third-order valence-electron chi connectivity index (χ3n) is 4.81. The fraction of sp³-hybridized carbons (Fsp3) is 0.611. The van der Waals surface area contributed by atoms with Gasteiger partial charge >= 0.3 is 0 Å². The van der Waals surface area contributed by atoms with Crippen LogP contribution in [0.1, 0.15) is 31.2 Å². The van der Waals surface area contributed by atoms with Crippen LogP contribution < -0.4 is 10.6 Å². The number of guanidine groups is 1. The van der Waals surface area contributed by atoms with Crippen molar-refractivity contribution in [1.82, 2.24) is 10.6 Å². The van der Waals surface area contributed by atoms with Crippen LogP contribution in [0.15, 0.2) is 23.2 Å². The minimum Gasteiger partial charge on any atom is -0.385 e. The molecule has 0 aliphatic heterocycles. The average Bonchev–Trinajstić information content (AvgIpc) is 2.53. The number of halogens is 3. The summed E-state index contributed by atoms with van der Waals surface area (Å²) >= 11 is 0. The Morgan fingerprint density at radius 3 is 2.60 bits per heavy atom. The van der Waals surface area contributed by atoms with Crippen molar-refractivity contribution in [2.75, 3.05) is 33.9 Å². The summed E-state index contributed by atoms with van der Waals surface area (Å²) in [6.45, 7) is 2.17. The van der Waals surface area contributed by atoms with Gasteiger partial charge in [0.2, 0.25) is 0 Å². The highest BCUT2D eigenvalue weighted by Gasteiger charge is 2.36. The minimum absolute atomic E-state index is 0. The van der Waals surface area contributed by atoms with E-state index in [0.717, 1.165) is 25.6 Å². The van der Waals surface area contributed by atoms with E-state index >= 15 is 0 Å². The maximum Gasteiger partial charge on any atom is 0.191 e. The lowest BCUT2D eigenvalue weighted by Gasteiger charge is -2.42. The normalized spacial score (nSPS) is 15.9. The smallest absolute Gasteiger partial charge is 0.191 e. The lowest BCUT2D eigenvalue weighted by Crippen LogP contribution is -2.47. The Labute approximate surface area is 165 Å². The first-order valence-corrected chi connectivity index (χ1v) is 8.46. The summed E-state index contributed by atoms with van der Waals surface area (Å²) in [5, 5.41) is 6.54. The molecule has 0 unspecified atom stereocenters. The van der Waals surface area contributed by atoms with Crippen LogP contribution in [-0.2, 0) is 11.2 Å². The van der Waals surface area contributed by atoms with Crippen molar-refractivity contribution in [1.29, 1.82) is 0 Å². The van der Waals surface area contributed by atoms with Gasteiger partial charge in [-0.05, 0) is 42.7 Å². The van der Waals surface area contributed by atoms with Crippen LogP contribution in [0.5, 0.6) is 0 Å². The minimum atomic E-state index is -0.552. The number of rotatable bonds is 8. The molecule has 0 bridgehead atoms. The molecule has 0 spiro atoms. The van der Waals surface area contributed by atoms with Crippen LogP contribution in [0.3, 0.4) is 0 Å². The van der Waals surface area contributed by atoms with Crippen LogP contribution in [0, 0.1) is 17.0 Å². The Balaban J connectivity index is 0.00000312. The Bertz CT molecular complexity index is 565. The molecule has 1 aromatic rings. The van der Waals surface area contributed by atoms with Gasteiger partial charge in [0.05, 0.1) is 0 Å². The van der Waals surface area contributed by atoms with Crippen LogP contribution in [0.2, 0.25) is 0 Å². The van der Waals surface area contributed by atoms with Gasteiger partial charge in [0.25, 0.3) is 0 Å². The maximum absolute atomic E-state index is 13.6. The quantitative estimate of drug-likeness (QED) is 0.350. The molecule has 0 aromatic heterocycles.